The summed E-state index contributed by atoms with van der Waals surface area (Å²) in [7, 11) is 0. The third kappa shape index (κ3) is 4.18. The van der Waals surface area contributed by atoms with E-state index in [1.54, 1.807) is 6.07 Å². The molecule has 0 fully saturated rings. The van der Waals surface area contributed by atoms with E-state index in [4.69, 9.17) is 32.7 Å². The zero-order chi connectivity index (χ0) is 13.8. The monoisotopic (exact) mass is 300 g/mol. The fourth-order valence-corrected chi connectivity index (χ4v) is 1.49. The molecule has 0 aliphatic heterocycles. The van der Waals surface area contributed by atoms with E-state index in [0.29, 0.717) is 10.8 Å². The van der Waals surface area contributed by atoms with Gasteiger partial charge >= 0.3 is 12.0 Å². The predicted molar refractivity (Wildman–Crippen MR) is 69.9 cm³/mol. The van der Waals surface area contributed by atoms with E-state index < -0.39 is 0 Å². The second-order valence-electron chi connectivity index (χ2n) is 3.78. The summed E-state index contributed by atoms with van der Waals surface area (Å²) in [5.41, 5.74) is 0. The first-order valence-electron chi connectivity index (χ1n) is 5.39. The van der Waals surface area contributed by atoms with E-state index in [1.165, 1.54) is 12.4 Å². The summed E-state index contributed by atoms with van der Waals surface area (Å²) >= 11 is 11.6. The van der Waals surface area contributed by atoms with Gasteiger partial charge in [-0.05, 0) is 25.4 Å². The van der Waals surface area contributed by atoms with Crippen molar-refractivity contribution in [3.05, 3.63) is 28.8 Å². The Kier molecular flexibility index (Phi) is 4.34. The molecule has 100 valence electrons. The third-order valence-corrected chi connectivity index (χ3v) is 2.17. The van der Waals surface area contributed by atoms with E-state index in [2.05, 4.69) is 19.9 Å². The molecule has 19 heavy (non-hydrogen) atoms. The fraction of sp³-hybridized carbons (Fsp3) is 0.273. The average molecular weight is 301 g/mol. The number of rotatable bonds is 4. The van der Waals surface area contributed by atoms with E-state index in [-0.39, 0.29) is 23.4 Å². The molecule has 0 radical (unpaired) electrons. The van der Waals surface area contributed by atoms with Gasteiger partial charge in [0.25, 0.3) is 0 Å². The van der Waals surface area contributed by atoms with Crippen molar-refractivity contribution in [3.8, 4) is 17.8 Å². The third-order valence-electron chi connectivity index (χ3n) is 1.80. The molecule has 0 aliphatic carbocycles. The van der Waals surface area contributed by atoms with Crippen LogP contribution in [0.2, 0.25) is 10.3 Å². The van der Waals surface area contributed by atoms with Crippen LogP contribution in [0.4, 0.5) is 0 Å². The standard InChI is InChI=1S/C11H10Cl2N4O2/c1-6(2)18-10-15-9(13)16-11(17-10)19-8-3-7(12)4-14-5-8/h3-6H,1-2H3. The molecule has 0 bridgehead atoms. The molecule has 0 saturated heterocycles. The molecular formula is C11H10Cl2N4O2. The summed E-state index contributed by atoms with van der Waals surface area (Å²) in [4.78, 5) is 15.5. The maximum atomic E-state index is 5.80. The summed E-state index contributed by atoms with van der Waals surface area (Å²) in [6, 6.07) is 1.69. The van der Waals surface area contributed by atoms with Crippen LogP contribution in [-0.4, -0.2) is 26.0 Å². The van der Waals surface area contributed by atoms with Crippen LogP contribution >= 0.6 is 23.2 Å². The maximum Gasteiger partial charge on any atom is 0.329 e. The number of hydrogen-bond donors (Lipinski definition) is 0. The summed E-state index contributed by atoms with van der Waals surface area (Å²) in [6.07, 6.45) is 2.88. The SMILES string of the molecule is CC(C)Oc1nc(Cl)nc(Oc2cncc(Cl)c2)n1. The van der Waals surface area contributed by atoms with Gasteiger partial charge in [0.2, 0.25) is 5.28 Å². The van der Waals surface area contributed by atoms with Crippen LogP contribution in [0.1, 0.15) is 13.8 Å². The molecular weight excluding hydrogens is 291 g/mol. The molecule has 0 amide bonds. The Labute approximate surface area is 119 Å². The van der Waals surface area contributed by atoms with Gasteiger partial charge in [-0.3, -0.25) is 4.98 Å². The largest absolute Gasteiger partial charge is 0.461 e. The molecule has 0 saturated carbocycles. The van der Waals surface area contributed by atoms with Crippen LogP contribution in [0.3, 0.4) is 0 Å². The number of aromatic nitrogens is 4. The predicted octanol–water partition coefficient (Wildman–Crippen LogP) is 3.15. The first-order chi connectivity index (χ1) is 9.02. The van der Waals surface area contributed by atoms with Gasteiger partial charge in [0, 0.05) is 12.3 Å². The Morgan fingerprint density at radius 3 is 2.47 bits per heavy atom. The fourth-order valence-electron chi connectivity index (χ4n) is 1.18. The molecule has 0 N–H and O–H groups in total. The Bertz CT molecular complexity index is 580. The molecule has 6 nitrogen and oxygen atoms in total. The van der Waals surface area contributed by atoms with Crippen molar-refractivity contribution in [1.29, 1.82) is 0 Å². The van der Waals surface area contributed by atoms with Crippen molar-refractivity contribution in [2.45, 2.75) is 20.0 Å². The van der Waals surface area contributed by atoms with Gasteiger partial charge in [-0.15, -0.1) is 4.98 Å². The van der Waals surface area contributed by atoms with Crippen LogP contribution in [-0.2, 0) is 0 Å². The molecule has 2 rings (SSSR count). The minimum Gasteiger partial charge on any atom is -0.461 e. The highest BCUT2D eigenvalue weighted by molar-refractivity contribution is 6.30. The van der Waals surface area contributed by atoms with Crippen molar-refractivity contribution >= 4 is 23.2 Å². The number of ether oxygens (including phenoxy) is 2. The van der Waals surface area contributed by atoms with Crippen LogP contribution < -0.4 is 9.47 Å². The van der Waals surface area contributed by atoms with Crippen molar-refractivity contribution in [2.24, 2.45) is 0 Å². The second-order valence-corrected chi connectivity index (χ2v) is 4.55. The number of halogens is 2. The van der Waals surface area contributed by atoms with Crippen LogP contribution in [0.5, 0.6) is 17.8 Å². The van der Waals surface area contributed by atoms with Crippen molar-refractivity contribution in [1.82, 2.24) is 19.9 Å². The van der Waals surface area contributed by atoms with E-state index >= 15 is 0 Å². The Balaban J connectivity index is 2.22. The number of nitrogens with zero attached hydrogens (tertiary/aromatic N) is 4. The van der Waals surface area contributed by atoms with Gasteiger partial charge in [-0.1, -0.05) is 11.6 Å². The molecule has 0 aromatic carbocycles. The molecule has 0 aliphatic rings. The first-order valence-corrected chi connectivity index (χ1v) is 6.15. The second kappa shape index (κ2) is 5.99. The lowest BCUT2D eigenvalue weighted by Gasteiger charge is -2.09. The van der Waals surface area contributed by atoms with Crippen molar-refractivity contribution in [3.63, 3.8) is 0 Å². The highest BCUT2D eigenvalue weighted by atomic mass is 35.5. The minimum atomic E-state index is -0.0841. The highest BCUT2D eigenvalue weighted by Gasteiger charge is 2.10. The topological polar surface area (TPSA) is 70.0 Å². The minimum absolute atomic E-state index is 0.0136. The summed E-state index contributed by atoms with van der Waals surface area (Å²) in [5, 5.41) is 0.423. The van der Waals surface area contributed by atoms with Crippen LogP contribution in [0, 0.1) is 0 Å². The normalized spacial score (nSPS) is 10.6. The first kappa shape index (κ1) is 13.8. The van der Waals surface area contributed by atoms with Gasteiger partial charge in [0.1, 0.15) is 0 Å². The molecule has 0 atom stereocenters. The van der Waals surface area contributed by atoms with Gasteiger partial charge in [-0.2, -0.15) is 9.97 Å². The molecule has 8 heteroatoms. The molecule has 0 unspecified atom stereocenters. The molecule has 2 aromatic heterocycles. The number of hydrogen-bond acceptors (Lipinski definition) is 6. The number of pyridine rings is 1. The van der Waals surface area contributed by atoms with Gasteiger partial charge in [0.15, 0.2) is 5.75 Å². The lowest BCUT2D eigenvalue weighted by atomic mass is 10.5. The van der Waals surface area contributed by atoms with Gasteiger partial charge < -0.3 is 9.47 Å². The summed E-state index contributed by atoms with van der Waals surface area (Å²) < 4.78 is 10.7. The lowest BCUT2D eigenvalue weighted by molar-refractivity contribution is 0.218. The molecule has 0 spiro atoms. The quantitative estimate of drug-likeness (QED) is 0.864. The smallest absolute Gasteiger partial charge is 0.329 e. The average Bonchev–Trinajstić information content (AvgIpc) is 2.26. The Morgan fingerprint density at radius 2 is 1.79 bits per heavy atom. The van der Waals surface area contributed by atoms with Crippen LogP contribution in [0.25, 0.3) is 0 Å². The maximum absolute atomic E-state index is 5.80. The summed E-state index contributed by atoms with van der Waals surface area (Å²) in [5.74, 6) is 0.394. The van der Waals surface area contributed by atoms with Crippen LogP contribution in [0.15, 0.2) is 18.5 Å². The Hall–Kier alpha value is -1.66. The lowest BCUT2D eigenvalue weighted by Crippen LogP contribution is -2.09. The van der Waals surface area contributed by atoms with E-state index in [1.807, 2.05) is 13.8 Å². The van der Waals surface area contributed by atoms with E-state index in [0.717, 1.165) is 0 Å². The van der Waals surface area contributed by atoms with Crippen molar-refractivity contribution < 1.29 is 9.47 Å². The van der Waals surface area contributed by atoms with Gasteiger partial charge in [-0.25, -0.2) is 0 Å². The van der Waals surface area contributed by atoms with Crippen molar-refractivity contribution in [2.75, 3.05) is 0 Å². The zero-order valence-corrected chi connectivity index (χ0v) is 11.7. The summed E-state index contributed by atoms with van der Waals surface area (Å²) in [6.45, 7) is 3.69. The molecule has 2 heterocycles. The van der Waals surface area contributed by atoms with E-state index in [9.17, 15) is 0 Å². The Morgan fingerprint density at radius 1 is 1.05 bits per heavy atom. The molecule has 2 aromatic rings. The zero-order valence-electron chi connectivity index (χ0n) is 10.2. The highest BCUT2D eigenvalue weighted by Crippen LogP contribution is 2.22. The van der Waals surface area contributed by atoms with Gasteiger partial charge in [0.05, 0.1) is 17.3 Å².